The summed E-state index contributed by atoms with van der Waals surface area (Å²) in [4.78, 5) is 25.4. The van der Waals surface area contributed by atoms with Crippen LogP contribution in [0.2, 0.25) is 5.02 Å². The Balaban J connectivity index is 1.55. The van der Waals surface area contributed by atoms with Gasteiger partial charge in [0, 0.05) is 36.5 Å². The van der Waals surface area contributed by atoms with Gasteiger partial charge < -0.3 is 20.1 Å². The lowest BCUT2D eigenvalue weighted by Gasteiger charge is -2.14. The second kappa shape index (κ2) is 10.1. The molecule has 172 valence electrons. The number of rotatable bonds is 7. The van der Waals surface area contributed by atoms with E-state index in [1.165, 1.54) is 10.9 Å². The molecule has 1 aliphatic heterocycles. The summed E-state index contributed by atoms with van der Waals surface area (Å²) >= 11 is 6.09. The van der Waals surface area contributed by atoms with Gasteiger partial charge in [0.1, 0.15) is 5.75 Å². The lowest BCUT2D eigenvalue weighted by molar-refractivity contribution is 0.0858. The number of aryl methyl sites for hydroxylation is 2. The normalized spacial score (nSPS) is 15.3. The van der Waals surface area contributed by atoms with Crippen molar-refractivity contribution in [3.8, 4) is 11.5 Å². The van der Waals surface area contributed by atoms with Crippen molar-refractivity contribution in [2.75, 3.05) is 18.5 Å². The maximum absolute atomic E-state index is 12.8. The van der Waals surface area contributed by atoms with Crippen molar-refractivity contribution in [3.63, 3.8) is 0 Å². The molecule has 1 aliphatic rings. The maximum atomic E-state index is 12.8. The van der Waals surface area contributed by atoms with Crippen LogP contribution in [0.15, 0.2) is 53.5 Å². The van der Waals surface area contributed by atoms with Gasteiger partial charge in [-0.3, -0.25) is 9.59 Å². The Morgan fingerprint density at radius 2 is 2.15 bits per heavy atom. The van der Waals surface area contributed by atoms with Crippen LogP contribution < -0.4 is 20.9 Å². The van der Waals surface area contributed by atoms with E-state index < -0.39 is 0 Å². The highest BCUT2D eigenvalue weighted by Crippen LogP contribution is 2.30. The summed E-state index contributed by atoms with van der Waals surface area (Å²) in [7, 11) is 1.55. The smallest absolute Gasteiger partial charge is 0.294 e. The largest absolute Gasteiger partial charge is 0.453 e. The number of hydrogen-bond donors (Lipinski definition) is 2. The van der Waals surface area contributed by atoms with Crippen molar-refractivity contribution >= 4 is 28.9 Å². The lowest BCUT2D eigenvalue weighted by Crippen LogP contribution is -2.31. The van der Waals surface area contributed by atoms with Crippen LogP contribution in [0.25, 0.3) is 0 Å². The number of nitrogens with zero attached hydrogens (tertiary/aromatic N) is 2. The number of ether oxygens (including phenoxy) is 2. The zero-order chi connectivity index (χ0) is 23.4. The Morgan fingerprint density at radius 1 is 1.30 bits per heavy atom. The number of anilines is 2. The van der Waals surface area contributed by atoms with Gasteiger partial charge in [-0.1, -0.05) is 17.7 Å². The van der Waals surface area contributed by atoms with Gasteiger partial charge in [0.25, 0.3) is 11.5 Å². The average Bonchev–Trinajstić information content (AvgIpc) is 3.33. The average molecular weight is 469 g/mol. The Bertz CT molecular complexity index is 1220. The molecule has 9 heteroatoms. The predicted octanol–water partition coefficient (Wildman–Crippen LogP) is 4.19. The Hall–Kier alpha value is -3.36. The van der Waals surface area contributed by atoms with E-state index in [4.69, 9.17) is 21.1 Å². The third-order valence-corrected chi connectivity index (χ3v) is 5.79. The van der Waals surface area contributed by atoms with Crippen molar-refractivity contribution in [2.24, 2.45) is 7.05 Å². The minimum atomic E-state index is -0.369. The molecule has 0 saturated carbocycles. The molecule has 8 nitrogen and oxygen atoms in total. The van der Waals surface area contributed by atoms with Crippen molar-refractivity contribution in [1.82, 2.24) is 15.1 Å². The molecule has 0 radical (unpaired) electrons. The molecule has 1 saturated heterocycles. The van der Waals surface area contributed by atoms with E-state index in [-0.39, 0.29) is 29.0 Å². The van der Waals surface area contributed by atoms with E-state index in [1.54, 1.807) is 49.5 Å². The fourth-order valence-electron chi connectivity index (χ4n) is 3.52. The van der Waals surface area contributed by atoms with Gasteiger partial charge in [0.15, 0.2) is 11.4 Å². The first-order chi connectivity index (χ1) is 15.9. The van der Waals surface area contributed by atoms with E-state index in [1.807, 2.05) is 6.92 Å². The summed E-state index contributed by atoms with van der Waals surface area (Å²) in [6.45, 7) is 3.08. The zero-order valence-corrected chi connectivity index (χ0v) is 19.2. The van der Waals surface area contributed by atoms with Gasteiger partial charge in [-0.15, -0.1) is 0 Å². The van der Waals surface area contributed by atoms with Gasteiger partial charge in [-0.25, -0.2) is 4.68 Å². The highest BCUT2D eigenvalue weighted by Gasteiger charge is 2.18. The van der Waals surface area contributed by atoms with E-state index in [9.17, 15) is 9.59 Å². The number of hydrogen-bond acceptors (Lipinski definition) is 6. The minimum Gasteiger partial charge on any atom is -0.453 e. The van der Waals surface area contributed by atoms with Crippen LogP contribution in [0.3, 0.4) is 0 Å². The fraction of sp³-hybridized carbons (Fsp3) is 0.292. The molecule has 0 unspecified atom stereocenters. The summed E-state index contributed by atoms with van der Waals surface area (Å²) in [6, 6.07) is 12.1. The van der Waals surface area contributed by atoms with E-state index in [2.05, 4.69) is 15.7 Å². The second-order valence-corrected chi connectivity index (χ2v) is 8.28. The van der Waals surface area contributed by atoms with Gasteiger partial charge >= 0.3 is 0 Å². The molecule has 4 rings (SSSR count). The molecular weight excluding hydrogens is 444 g/mol. The highest BCUT2D eigenvalue weighted by atomic mass is 35.5. The summed E-state index contributed by atoms with van der Waals surface area (Å²) in [6.07, 6.45) is 3.49. The fourth-order valence-corrected chi connectivity index (χ4v) is 3.64. The Labute approximate surface area is 196 Å². The highest BCUT2D eigenvalue weighted by molar-refractivity contribution is 6.31. The number of benzene rings is 2. The number of halogens is 1. The van der Waals surface area contributed by atoms with Crippen molar-refractivity contribution in [3.05, 3.63) is 75.2 Å². The first-order valence-electron chi connectivity index (χ1n) is 10.7. The molecule has 2 aromatic carbocycles. The molecule has 0 bridgehead atoms. The molecule has 2 N–H and O–H groups in total. The quantitative estimate of drug-likeness (QED) is 0.540. The molecule has 1 atom stereocenters. The van der Waals surface area contributed by atoms with Gasteiger partial charge in [0.2, 0.25) is 0 Å². The molecule has 3 aromatic rings. The standard InChI is InChI=1S/C24H25ClN4O4/c1-15-11-18(8-9-20(15)25)33-21-14-27-29(2)24(31)22(21)28-17-6-3-5-16(12-17)23(30)26-13-19-7-4-10-32-19/h3,5-6,8-9,11-12,14,19,28H,4,7,10,13H2,1-2H3,(H,26,30)/t19-/m0/s1. The van der Waals surface area contributed by atoms with Crippen LogP contribution in [0.1, 0.15) is 28.8 Å². The molecule has 0 aliphatic carbocycles. The third-order valence-electron chi connectivity index (χ3n) is 5.37. The van der Waals surface area contributed by atoms with Gasteiger partial charge in [0.05, 0.1) is 12.3 Å². The zero-order valence-electron chi connectivity index (χ0n) is 18.4. The topological polar surface area (TPSA) is 94.5 Å². The van der Waals surface area contributed by atoms with Gasteiger partial charge in [-0.05, 0) is 61.7 Å². The number of nitrogens with one attached hydrogen (secondary N) is 2. The lowest BCUT2D eigenvalue weighted by atomic mass is 10.1. The second-order valence-electron chi connectivity index (χ2n) is 7.88. The Kier molecular flexibility index (Phi) is 6.96. The van der Waals surface area contributed by atoms with Crippen molar-refractivity contribution < 1.29 is 14.3 Å². The van der Waals surface area contributed by atoms with Crippen molar-refractivity contribution in [2.45, 2.75) is 25.9 Å². The number of amides is 1. The van der Waals surface area contributed by atoms with Crippen LogP contribution in [-0.2, 0) is 11.8 Å². The maximum Gasteiger partial charge on any atom is 0.294 e. The first kappa shape index (κ1) is 22.8. The first-order valence-corrected chi connectivity index (χ1v) is 11.1. The number of carbonyl (C=O) groups excluding carboxylic acids is 1. The summed E-state index contributed by atoms with van der Waals surface area (Å²) < 4.78 is 12.7. The van der Waals surface area contributed by atoms with Crippen LogP contribution in [0.5, 0.6) is 11.5 Å². The predicted molar refractivity (Wildman–Crippen MR) is 127 cm³/mol. The SMILES string of the molecule is Cc1cc(Oc2cnn(C)c(=O)c2Nc2cccc(C(=O)NC[C@@H]3CCCO3)c2)ccc1Cl. The molecule has 1 fully saturated rings. The summed E-state index contributed by atoms with van der Waals surface area (Å²) in [5.41, 5.74) is 1.73. The third kappa shape index (κ3) is 5.53. The van der Waals surface area contributed by atoms with Crippen LogP contribution >= 0.6 is 11.6 Å². The number of carbonyl (C=O) groups is 1. The molecule has 1 aromatic heterocycles. The molecule has 2 heterocycles. The van der Waals surface area contributed by atoms with Crippen LogP contribution in [-0.4, -0.2) is 34.9 Å². The summed E-state index contributed by atoms with van der Waals surface area (Å²) in [5, 5.41) is 10.7. The van der Waals surface area contributed by atoms with Gasteiger partial charge in [-0.2, -0.15) is 5.10 Å². The molecule has 1 amide bonds. The monoisotopic (exact) mass is 468 g/mol. The summed E-state index contributed by atoms with van der Waals surface area (Å²) in [5.74, 6) is 0.579. The van der Waals surface area contributed by atoms with Crippen molar-refractivity contribution in [1.29, 1.82) is 0 Å². The minimum absolute atomic E-state index is 0.0614. The van der Waals surface area contributed by atoms with Crippen LogP contribution in [0, 0.1) is 6.92 Å². The molecular formula is C24H25ClN4O4. The Morgan fingerprint density at radius 3 is 2.91 bits per heavy atom. The molecule has 0 spiro atoms. The van der Waals surface area contributed by atoms with E-state index in [0.717, 1.165) is 25.0 Å². The molecule has 33 heavy (non-hydrogen) atoms. The van der Waals surface area contributed by atoms with Crippen LogP contribution in [0.4, 0.5) is 11.4 Å². The number of aromatic nitrogens is 2. The van der Waals surface area contributed by atoms with E-state index >= 15 is 0 Å². The van der Waals surface area contributed by atoms with E-state index in [0.29, 0.717) is 28.6 Å².